The van der Waals surface area contributed by atoms with Crippen LogP contribution in [-0.4, -0.2) is 12.2 Å². The maximum absolute atomic E-state index is 12.4. The first-order valence-corrected chi connectivity index (χ1v) is 9.34. The minimum atomic E-state index is -4.10. The number of hydrogen-bond acceptors (Lipinski definition) is 3. The van der Waals surface area contributed by atoms with Gasteiger partial charge in [-0.2, -0.15) is 8.42 Å². The molecule has 0 fully saturated rings. The SMILES string of the molecule is Cc1ccc(S(=O)(=O)OC(c2ccc(Cl)cc2)C(Cl)(Cl)Cl)cc1. The molecule has 124 valence electrons. The molecule has 0 aromatic heterocycles. The van der Waals surface area contributed by atoms with Crippen molar-refractivity contribution in [3.8, 4) is 0 Å². The number of alkyl halides is 3. The van der Waals surface area contributed by atoms with Crippen LogP contribution >= 0.6 is 46.4 Å². The van der Waals surface area contributed by atoms with E-state index in [-0.39, 0.29) is 4.90 Å². The van der Waals surface area contributed by atoms with Crippen LogP contribution in [0, 0.1) is 6.92 Å². The summed E-state index contributed by atoms with van der Waals surface area (Å²) >= 11 is 23.5. The highest BCUT2D eigenvalue weighted by Gasteiger charge is 2.39. The third-order valence-corrected chi connectivity index (χ3v) is 5.14. The van der Waals surface area contributed by atoms with E-state index < -0.39 is 20.0 Å². The summed E-state index contributed by atoms with van der Waals surface area (Å²) in [5.74, 6) is 0. The highest BCUT2D eigenvalue weighted by atomic mass is 35.6. The number of hydrogen-bond donors (Lipinski definition) is 0. The van der Waals surface area contributed by atoms with Crippen LogP contribution in [0.1, 0.15) is 17.2 Å². The zero-order valence-corrected chi connectivity index (χ0v) is 15.7. The van der Waals surface area contributed by atoms with E-state index in [1.807, 2.05) is 6.92 Å². The van der Waals surface area contributed by atoms with Gasteiger partial charge in [0, 0.05) is 5.02 Å². The molecule has 2 aromatic carbocycles. The number of halogens is 4. The monoisotopic (exact) mass is 412 g/mol. The Morgan fingerprint density at radius 2 is 1.48 bits per heavy atom. The van der Waals surface area contributed by atoms with Gasteiger partial charge in [-0.1, -0.05) is 76.2 Å². The molecule has 23 heavy (non-hydrogen) atoms. The maximum Gasteiger partial charge on any atom is 0.297 e. The quantitative estimate of drug-likeness (QED) is 0.493. The van der Waals surface area contributed by atoms with Crippen molar-refractivity contribution in [3.63, 3.8) is 0 Å². The first-order valence-electron chi connectivity index (χ1n) is 6.42. The second-order valence-corrected chi connectivity index (χ2v) is 9.21. The third kappa shape index (κ3) is 4.99. The van der Waals surface area contributed by atoms with E-state index in [1.165, 1.54) is 12.1 Å². The lowest BCUT2D eigenvalue weighted by atomic mass is 10.1. The molecular weight excluding hydrogens is 402 g/mol. The van der Waals surface area contributed by atoms with Crippen molar-refractivity contribution in [2.75, 3.05) is 0 Å². The Kier molecular flexibility index (Phi) is 5.88. The molecule has 0 N–H and O–H groups in total. The van der Waals surface area contributed by atoms with E-state index >= 15 is 0 Å². The van der Waals surface area contributed by atoms with E-state index in [9.17, 15) is 8.42 Å². The fraction of sp³-hybridized carbons (Fsp3) is 0.200. The van der Waals surface area contributed by atoms with Gasteiger partial charge in [0.15, 0.2) is 0 Å². The Balaban J connectivity index is 2.38. The van der Waals surface area contributed by atoms with Crippen LogP contribution in [0.4, 0.5) is 0 Å². The second kappa shape index (κ2) is 7.18. The first-order chi connectivity index (χ1) is 10.6. The van der Waals surface area contributed by atoms with E-state index in [0.717, 1.165) is 5.56 Å². The molecule has 3 nitrogen and oxygen atoms in total. The summed E-state index contributed by atoms with van der Waals surface area (Å²) in [7, 11) is -4.10. The van der Waals surface area contributed by atoms with Gasteiger partial charge in [-0.15, -0.1) is 0 Å². The normalized spacial score (nSPS) is 13.8. The highest BCUT2D eigenvalue weighted by Crippen LogP contribution is 2.44. The summed E-state index contributed by atoms with van der Waals surface area (Å²) in [5, 5.41) is 0.471. The summed E-state index contributed by atoms with van der Waals surface area (Å²) in [6.45, 7) is 1.84. The molecule has 2 rings (SSSR count). The molecule has 0 spiro atoms. The minimum Gasteiger partial charge on any atom is -0.254 e. The van der Waals surface area contributed by atoms with E-state index in [1.54, 1.807) is 36.4 Å². The third-order valence-electron chi connectivity index (χ3n) is 3.00. The van der Waals surface area contributed by atoms with Crippen molar-refractivity contribution < 1.29 is 12.6 Å². The van der Waals surface area contributed by atoms with Gasteiger partial charge < -0.3 is 0 Å². The van der Waals surface area contributed by atoms with Crippen molar-refractivity contribution >= 4 is 56.5 Å². The molecule has 0 heterocycles. The van der Waals surface area contributed by atoms with E-state index in [4.69, 9.17) is 50.6 Å². The van der Waals surface area contributed by atoms with Crippen LogP contribution in [0.3, 0.4) is 0 Å². The van der Waals surface area contributed by atoms with Gasteiger partial charge in [0.05, 0.1) is 4.90 Å². The molecule has 0 radical (unpaired) electrons. The van der Waals surface area contributed by atoms with Gasteiger partial charge >= 0.3 is 0 Å². The summed E-state index contributed by atoms with van der Waals surface area (Å²) in [6.07, 6.45) is -1.31. The Hall–Kier alpha value is -0.490. The summed E-state index contributed by atoms with van der Waals surface area (Å²) in [5.41, 5.74) is 1.30. The molecule has 0 aliphatic carbocycles. The van der Waals surface area contributed by atoms with Crippen molar-refractivity contribution in [1.82, 2.24) is 0 Å². The van der Waals surface area contributed by atoms with E-state index in [2.05, 4.69) is 0 Å². The molecule has 0 saturated carbocycles. The molecule has 0 amide bonds. The zero-order valence-electron chi connectivity index (χ0n) is 11.8. The lowest BCUT2D eigenvalue weighted by Gasteiger charge is -2.24. The standard InChI is InChI=1S/C15H12Cl4O3S/c1-10-2-8-13(9-3-10)23(20,21)22-14(15(17,18)19)11-4-6-12(16)7-5-11/h2-9,14H,1H3. The van der Waals surface area contributed by atoms with Crippen molar-refractivity contribution in [3.05, 3.63) is 64.7 Å². The number of benzene rings is 2. The predicted molar refractivity (Wildman–Crippen MR) is 93.9 cm³/mol. The fourth-order valence-corrected chi connectivity index (χ4v) is 3.71. The summed E-state index contributed by atoms with van der Waals surface area (Å²) < 4.78 is 28.0. The van der Waals surface area contributed by atoms with Crippen LogP contribution in [0.15, 0.2) is 53.4 Å². The molecule has 0 aliphatic heterocycles. The number of aryl methyl sites for hydroxylation is 1. The number of rotatable bonds is 4. The van der Waals surface area contributed by atoms with Gasteiger partial charge in [-0.25, -0.2) is 0 Å². The molecule has 0 saturated heterocycles. The highest BCUT2D eigenvalue weighted by molar-refractivity contribution is 7.86. The van der Waals surface area contributed by atoms with Gasteiger partial charge in [0.1, 0.15) is 6.10 Å². The van der Waals surface area contributed by atoms with Crippen molar-refractivity contribution in [2.24, 2.45) is 0 Å². The minimum absolute atomic E-state index is 0.0173. The average Bonchev–Trinajstić information content (AvgIpc) is 2.45. The van der Waals surface area contributed by atoms with Gasteiger partial charge in [0.2, 0.25) is 3.79 Å². The smallest absolute Gasteiger partial charge is 0.254 e. The Morgan fingerprint density at radius 3 is 1.96 bits per heavy atom. The van der Waals surface area contributed by atoms with Crippen LogP contribution in [0.5, 0.6) is 0 Å². The molecule has 8 heteroatoms. The lowest BCUT2D eigenvalue weighted by Crippen LogP contribution is -2.23. The Labute approximate surface area is 155 Å². The van der Waals surface area contributed by atoms with Crippen LogP contribution in [0.25, 0.3) is 0 Å². The largest absolute Gasteiger partial charge is 0.297 e. The summed E-state index contributed by atoms with van der Waals surface area (Å²) in [4.78, 5) is -0.0173. The van der Waals surface area contributed by atoms with Gasteiger partial charge in [0.25, 0.3) is 10.1 Å². The Morgan fingerprint density at radius 1 is 0.957 bits per heavy atom. The maximum atomic E-state index is 12.4. The van der Waals surface area contributed by atoms with Crippen molar-refractivity contribution in [2.45, 2.75) is 21.7 Å². The topological polar surface area (TPSA) is 43.4 Å². The molecule has 1 unspecified atom stereocenters. The Bertz CT molecular complexity index is 766. The van der Waals surface area contributed by atoms with Crippen LogP contribution in [-0.2, 0) is 14.3 Å². The fourth-order valence-electron chi connectivity index (χ4n) is 1.82. The van der Waals surface area contributed by atoms with Crippen molar-refractivity contribution in [1.29, 1.82) is 0 Å². The predicted octanol–water partition coefficient (Wildman–Crippen LogP) is 5.47. The molecular formula is C15H12Cl4O3S. The first kappa shape index (κ1) is 18.8. The molecule has 2 aromatic rings. The van der Waals surface area contributed by atoms with Gasteiger partial charge in [-0.3, -0.25) is 4.18 Å². The second-order valence-electron chi connectivity index (χ2n) is 4.84. The van der Waals surface area contributed by atoms with Crippen LogP contribution < -0.4 is 0 Å². The lowest BCUT2D eigenvalue weighted by molar-refractivity contribution is 0.217. The summed E-state index contributed by atoms with van der Waals surface area (Å²) in [6, 6.07) is 12.4. The van der Waals surface area contributed by atoms with E-state index in [0.29, 0.717) is 10.6 Å². The van der Waals surface area contributed by atoms with Crippen LogP contribution in [0.2, 0.25) is 5.02 Å². The molecule has 1 atom stereocenters. The molecule has 0 bridgehead atoms. The zero-order chi connectivity index (χ0) is 17.3. The average molecular weight is 414 g/mol. The van der Waals surface area contributed by atoms with Gasteiger partial charge in [-0.05, 0) is 36.8 Å². The molecule has 0 aliphatic rings.